The van der Waals surface area contributed by atoms with E-state index in [1.807, 2.05) is 12.1 Å². The van der Waals surface area contributed by atoms with E-state index in [1.165, 1.54) is 5.69 Å². The van der Waals surface area contributed by atoms with Gasteiger partial charge in [-0.25, -0.2) is 0 Å². The molecular formula is C15H17N3O. The summed E-state index contributed by atoms with van der Waals surface area (Å²) in [5.41, 5.74) is 7.57. The standard InChI is InChI=1S/C15H17N3O/c16-15(19)11-5-8-18(9-6-11)13-3-4-14-12(10-13)2-1-7-17-14/h1-4,7,10-11H,5-6,8-9H2,(H2,16,19). The van der Waals surface area contributed by atoms with Gasteiger partial charge in [0.15, 0.2) is 0 Å². The molecule has 1 aromatic carbocycles. The van der Waals surface area contributed by atoms with Gasteiger partial charge in [-0.1, -0.05) is 6.07 Å². The molecule has 0 bridgehead atoms. The van der Waals surface area contributed by atoms with Gasteiger partial charge in [0.05, 0.1) is 5.52 Å². The van der Waals surface area contributed by atoms with Crippen LogP contribution in [-0.4, -0.2) is 24.0 Å². The van der Waals surface area contributed by atoms with Crippen molar-refractivity contribution in [3.05, 3.63) is 36.5 Å². The number of aromatic nitrogens is 1. The van der Waals surface area contributed by atoms with Gasteiger partial charge in [0, 0.05) is 36.3 Å². The summed E-state index contributed by atoms with van der Waals surface area (Å²) in [6.45, 7) is 1.78. The first-order valence-corrected chi connectivity index (χ1v) is 6.63. The van der Waals surface area contributed by atoms with Crippen molar-refractivity contribution in [2.24, 2.45) is 11.7 Å². The Hall–Kier alpha value is -2.10. The number of fused-ring (bicyclic) bond motifs is 1. The lowest BCUT2D eigenvalue weighted by molar-refractivity contribution is -0.122. The summed E-state index contributed by atoms with van der Waals surface area (Å²) in [5, 5.41) is 1.15. The van der Waals surface area contributed by atoms with Gasteiger partial charge < -0.3 is 10.6 Å². The summed E-state index contributed by atoms with van der Waals surface area (Å²) in [6.07, 6.45) is 3.50. The highest BCUT2D eigenvalue weighted by atomic mass is 16.1. The molecule has 1 saturated heterocycles. The van der Waals surface area contributed by atoms with Crippen LogP contribution in [0.25, 0.3) is 10.9 Å². The predicted octanol–water partition coefficient (Wildman–Crippen LogP) is 1.94. The Bertz CT molecular complexity index is 603. The lowest BCUT2D eigenvalue weighted by Gasteiger charge is -2.32. The Morgan fingerprint density at radius 1 is 1.26 bits per heavy atom. The molecule has 4 heteroatoms. The van der Waals surface area contributed by atoms with E-state index in [4.69, 9.17) is 5.73 Å². The Morgan fingerprint density at radius 3 is 2.79 bits per heavy atom. The van der Waals surface area contributed by atoms with Gasteiger partial charge >= 0.3 is 0 Å². The zero-order valence-electron chi connectivity index (χ0n) is 10.7. The van der Waals surface area contributed by atoms with Crippen molar-refractivity contribution in [1.29, 1.82) is 0 Å². The van der Waals surface area contributed by atoms with Gasteiger partial charge in [-0.05, 0) is 37.1 Å². The van der Waals surface area contributed by atoms with Crippen molar-refractivity contribution in [3.63, 3.8) is 0 Å². The molecule has 19 heavy (non-hydrogen) atoms. The highest BCUT2D eigenvalue weighted by Crippen LogP contribution is 2.25. The van der Waals surface area contributed by atoms with Crippen molar-refractivity contribution in [2.75, 3.05) is 18.0 Å². The molecule has 4 nitrogen and oxygen atoms in total. The maximum absolute atomic E-state index is 11.2. The van der Waals surface area contributed by atoms with Crippen molar-refractivity contribution in [1.82, 2.24) is 4.98 Å². The summed E-state index contributed by atoms with van der Waals surface area (Å²) >= 11 is 0. The van der Waals surface area contributed by atoms with Gasteiger partial charge in [-0.3, -0.25) is 9.78 Å². The number of amides is 1. The Kier molecular flexibility index (Phi) is 3.07. The second kappa shape index (κ2) is 4.88. The number of rotatable bonds is 2. The van der Waals surface area contributed by atoms with Crippen molar-refractivity contribution < 1.29 is 4.79 Å². The molecule has 0 spiro atoms. The summed E-state index contributed by atoms with van der Waals surface area (Å²) in [6, 6.07) is 10.3. The number of primary amides is 1. The fourth-order valence-electron chi connectivity index (χ4n) is 2.68. The number of nitrogens with two attached hydrogens (primary N) is 1. The van der Waals surface area contributed by atoms with E-state index < -0.39 is 0 Å². The van der Waals surface area contributed by atoms with E-state index in [0.717, 1.165) is 36.8 Å². The number of hydrogen-bond acceptors (Lipinski definition) is 3. The van der Waals surface area contributed by atoms with Crippen LogP contribution in [-0.2, 0) is 4.79 Å². The minimum absolute atomic E-state index is 0.0402. The lowest BCUT2D eigenvalue weighted by atomic mass is 9.96. The molecule has 2 aromatic rings. The van der Waals surface area contributed by atoms with Gasteiger partial charge in [0.25, 0.3) is 0 Å². The van der Waals surface area contributed by atoms with Gasteiger partial charge in [0.1, 0.15) is 0 Å². The average Bonchev–Trinajstić information content (AvgIpc) is 2.47. The van der Waals surface area contributed by atoms with Crippen LogP contribution in [0.4, 0.5) is 5.69 Å². The van der Waals surface area contributed by atoms with Crippen LogP contribution in [0.15, 0.2) is 36.5 Å². The molecule has 0 radical (unpaired) electrons. The number of carbonyl (C=O) groups is 1. The number of nitrogens with zero attached hydrogens (tertiary/aromatic N) is 2. The third kappa shape index (κ3) is 2.38. The van der Waals surface area contributed by atoms with Gasteiger partial charge in [-0.2, -0.15) is 0 Å². The number of hydrogen-bond donors (Lipinski definition) is 1. The predicted molar refractivity (Wildman–Crippen MR) is 75.9 cm³/mol. The monoisotopic (exact) mass is 255 g/mol. The molecule has 1 aliphatic heterocycles. The van der Waals surface area contributed by atoms with E-state index in [-0.39, 0.29) is 11.8 Å². The van der Waals surface area contributed by atoms with Crippen LogP contribution in [0, 0.1) is 5.92 Å². The minimum Gasteiger partial charge on any atom is -0.371 e. The number of benzene rings is 1. The topological polar surface area (TPSA) is 59.2 Å². The first kappa shape index (κ1) is 12.0. The third-order valence-electron chi connectivity index (χ3n) is 3.85. The minimum atomic E-state index is -0.164. The zero-order valence-corrected chi connectivity index (χ0v) is 10.7. The summed E-state index contributed by atoms with van der Waals surface area (Å²) in [4.78, 5) is 17.8. The lowest BCUT2D eigenvalue weighted by Crippen LogP contribution is -2.38. The smallest absolute Gasteiger partial charge is 0.220 e. The van der Waals surface area contributed by atoms with Crippen LogP contribution in [0.1, 0.15) is 12.8 Å². The molecule has 98 valence electrons. The molecule has 1 fully saturated rings. The van der Waals surface area contributed by atoms with Crippen molar-refractivity contribution in [2.45, 2.75) is 12.8 Å². The molecule has 2 heterocycles. The molecule has 0 atom stereocenters. The number of carbonyl (C=O) groups excluding carboxylic acids is 1. The summed E-state index contributed by atoms with van der Waals surface area (Å²) in [5.74, 6) is -0.124. The number of pyridine rings is 1. The van der Waals surface area contributed by atoms with Gasteiger partial charge in [-0.15, -0.1) is 0 Å². The molecule has 3 rings (SSSR count). The van der Waals surface area contributed by atoms with Crippen LogP contribution >= 0.6 is 0 Å². The van der Waals surface area contributed by atoms with Crippen LogP contribution in [0.3, 0.4) is 0 Å². The van der Waals surface area contributed by atoms with Crippen LogP contribution < -0.4 is 10.6 Å². The maximum atomic E-state index is 11.2. The highest BCUT2D eigenvalue weighted by Gasteiger charge is 2.23. The second-order valence-corrected chi connectivity index (χ2v) is 5.04. The largest absolute Gasteiger partial charge is 0.371 e. The normalized spacial score (nSPS) is 16.7. The van der Waals surface area contributed by atoms with Gasteiger partial charge in [0.2, 0.25) is 5.91 Å². The maximum Gasteiger partial charge on any atom is 0.220 e. The van der Waals surface area contributed by atoms with E-state index >= 15 is 0 Å². The van der Waals surface area contributed by atoms with E-state index in [0.29, 0.717) is 0 Å². The number of piperidine rings is 1. The SMILES string of the molecule is NC(=O)C1CCN(c2ccc3ncccc3c2)CC1. The van der Waals surface area contributed by atoms with Crippen molar-refractivity contribution >= 4 is 22.5 Å². The Labute approximate surface area is 112 Å². The Morgan fingerprint density at radius 2 is 2.05 bits per heavy atom. The highest BCUT2D eigenvalue weighted by molar-refractivity contribution is 5.82. The average molecular weight is 255 g/mol. The van der Waals surface area contributed by atoms with Crippen molar-refractivity contribution in [3.8, 4) is 0 Å². The van der Waals surface area contributed by atoms with Crippen LogP contribution in [0.2, 0.25) is 0 Å². The van der Waals surface area contributed by atoms with E-state index in [9.17, 15) is 4.79 Å². The second-order valence-electron chi connectivity index (χ2n) is 5.04. The number of anilines is 1. The molecule has 2 N–H and O–H groups in total. The van der Waals surface area contributed by atoms with E-state index in [1.54, 1.807) is 6.20 Å². The fraction of sp³-hybridized carbons (Fsp3) is 0.333. The summed E-state index contributed by atoms with van der Waals surface area (Å²) in [7, 11) is 0. The fourth-order valence-corrected chi connectivity index (χ4v) is 2.68. The quantitative estimate of drug-likeness (QED) is 0.892. The molecular weight excluding hydrogens is 238 g/mol. The Balaban J connectivity index is 1.80. The molecule has 0 unspecified atom stereocenters. The first-order chi connectivity index (χ1) is 9.24. The summed E-state index contributed by atoms with van der Waals surface area (Å²) < 4.78 is 0. The van der Waals surface area contributed by atoms with Crippen LogP contribution in [0.5, 0.6) is 0 Å². The molecule has 1 aromatic heterocycles. The van der Waals surface area contributed by atoms with E-state index in [2.05, 4.69) is 28.1 Å². The molecule has 1 amide bonds. The zero-order chi connectivity index (χ0) is 13.2. The molecule has 0 saturated carbocycles. The third-order valence-corrected chi connectivity index (χ3v) is 3.85. The first-order valence-electron chi connectivity index (χ1n) is 6.63. The molecule has 1 aliphatic rings. The molecule has 0 aliphatic carbocycles.